The molecule has 2 rings (SSSR count). The molecular formula is C15H16F2N2S. The third kappa shape index (κ3) is 3.55. The Kier molecular flexibility index (Phi) is 5.09. The molecule has 0 amide bonds. The lowest BCUT2D eigenvalue weighted by molar-refractivity contribution is 0.574. The minimum Gasteiger partial charge on any atom is -0.326 e. The summed E-state index contributed by atoms with van der Waals surface area (Å²) in [6, 6.07) is 7.01. The van der Waals surface area contributed by atoms with Crippen molar-refractivity contribution in [3.63, 3.8) is 0 Å². The Bertz CT molecular complexity index is 563. The summed E-state index contributed by atoms with van der Waals surface area (Å²) >= 11 is 1.25. The van der Waals surface area contributed by atoms with Crippen LogP contribution in [-0.4, -0.2) is 11.0 Å². The number of hydrogen-bond acceptors (Lipinski definition) is 3. The molecule has 1 heterocycles. The van der Waals surface area contributed by atoms with Crippen LogP contribution in [0.25, 0.3) is 0 Å². The highest BCUT2D eigenvalue weighted by molar-refractivity contribution is 7.99. The molecule has 2 aromatic rings. The fourth-order valence-corrected chi connectivity index (χ4v) is 3.17. The second-order valence-electron chi connectivity index (χ2n) is 4.47. The van der Waals surface area contributed by atoms with Crippen molar-refractivity contribution < 1.29 is 8.78 Å². The predicted molar refractivity (Wildman–Crippen MR) is 77.5 cm³/mol. The van der Waals surface area contributed by atoms with Crippen LogP contribution in [0.4, 0.5) is 8.78 Å². The number of thioether (sulfide) groups is 1. The lowest BCUT2D eigenvalue weighted by atomic mass is 10.1. The van der Waals surface area contributed by atoms with E-state index in [-0.39, 0.29) is 16.2 Å². The van der Waals surface area contributed by atoms with Gasteiger partial charge in [-0.15, -0.1) is 11.8 Å². The minimum absolute atomic E-state index is 0.140. The van der Waals surface area contributed by atoms with E-state index in [1.54, 1.807) is 12.4 Å². The van der Waals surface area contributed by atoms with Crippen molar-refractivity contribution in [1.82, 2.24) is 4.98 Å². The first-order chi connectivity index (χ1) is 9.61. The van der Waals surface area contributed by atoms with Gasteiger partial charge in [-0.2, -0.15) is 0 Å². The molecule has 5 heteroatoms. The molecule has 2 nitrogen and oxygen atoms in total. The van der Waals surface area contributed by atoms with Crippen molar-refractivity contribution in [2.45, 2.75) is 29.5 Å². The van der Waals surface area contributed by atoms with E-state index < -0.39 is 11.6 Å². The monoisotopic (exact) mass is 294 g/mol. The van der Waals surface area contributed by atoms with Crippen molar-refractivity contribution in [1.29, 1.82) is 0 Å². The number of hydrogen-bond donors (Lipinski definition) is 1. The molecular weight excluding hydrogens is 278 g/mol. The first-order valence-corrected chi connectivity index (χ1v) is 7.27. The van der Waals surface area contributed by atoms with Gasteiger partial charge in [0.1, 0.15) is 11.6 Å². The fourth-order valence-electron chi connectivity index (χ4n) is 1.87. The molecule has 2 N–H and O–H groups in total. The summed E-state index contributed by atoms with van der Waals surface area (Å²) in [4.78, 5) is 4.24. The molecule has 0 aliphatic carbocycles. The highest BCUT2D eigenvalue weighted by Gasteiger charge is 2.21. The number of pyridine rings is 1. The summed E-state index contributed by atoms with van der Waals surface area (Å²) in [7, 11) is 0. The van der Waals surface area contributed by atoms with Crippen molar-refractivity contribution in [2.75, 3.05) is 0 Å². The largest absolute Gasteiger partial charge is 0.326 e. The van der Waals surface area contributed by atoms with Crippen LogP contribution in [0.15, 0.2) is 47.6 Å². The van der Waals surface area contributed by atoms with Gasteiger partial charge in [0.25, 0.3) is 0 Å². The summed E-state index contributed by atoms with van der Waals surface area (Å²) in [5.74, 6) is -0.883. The smallest absolute Gasteiger partial charge is 0.136 e. The van der Waals surface area contributed by atoms with Crippen molar-refractivity contribution in [3.8, 4) is 0 Å². The van der Waals surface area contributed by atoms with E-state index >= 15 is 0 Å². The number of benzene rings is 1. The van der Waals surface area contributed by atoms with Crippen LogP contribution >= 0.6 is 11.8 Å². The van der Waals surface area contributed by atoms with E-state index in [9.17, 15) is 8.78 Å². The highest BCUT2D eigenvalue weighted by Crippen LogP contribution is 2.39. The van der Waals surface area contributed by atoms with Gasteiger partial charge in [0.15, 0.2) is 0 Å². The Hall–Kier alpha value is -1.46. The van der Waals surface area contributed by atoms with Gasteiger partial charge in [0, 0.05) is 28.6 Å². The molecule has 0 aliphatic heterocycles. The first-order valence-electron chi connectivity index (χ1n) is 6.39. The summed E-state index contributed by atoms with van der Waals surface area (Å²) in [6.45, 7) is 1.97. The van der Waals surface area contributed by atoms with Gasteiger partial charge >= 0.3 is 0 Å². The minimum atomic E-state index is -0.451. The quantitative estimate of drug-likeness (QED) is 0.849. The van der Waals surface area contributed by atoms with E-state index in [0.29, 0.717) is 0 Å². The zero-order valence-electron chi connectivity index (χ0n) is 11.1. The molecule has 0 spiro atoms. The number of nitrogens with two attached hydrogens (primary N) is 1. The normalized spacial score (nSPS) is 14.0. The predicted octanol–water partition coefficient (Wildman–Crippen LogP) is 3.93. The Labute approximate surface area is 121 Å². The molecule has 2 atom stereocenters. The van der Waals surface area contributed by atoms with E-state index in [1.807, 2.05) is 19.1 Å². The average Bonchev–Trinajstić information content (AvgIpc) is 2.48. The lowest BCUT2D eigenvalue weighted by Gasteiger charge is -2.23. The van der Waals surface area contributed by atoms with Crippen LogP contribution in [0.5, 0.6) is 0 Å². The molecule has 0 saturated heterocycles. The second kappa shape index (κ2) is 6.81. The van der Waals surface area contributed by atoms with E-state index in [4.69, 9.17) is 5.73 Å². The summed E-state index contributed by atoms with van der Waals surface area (Å²) in [5, 5.41) is -0.140. The Morgan fingerprint density at radius 3 is 2.55 bits per heavy atom. The van der Waals surface area contributed by atoms with Gasteiger partial charge in [0.2, 0.25) is 0 Å². The Morgan fingerprint density at radius 1 is 1.20 bits per heavy atom. The third-order valence-electron chi connectivity index (χ3n) is 3.04. The standard InChI is InChI=1S/C15H16F2N2S/c1-2-13(18)15(10-5-7-19-8-6-10)20-14-9-11(16)3-4-12(14)17/h3-9,13,15H,2,18H2,1H3. The molecule has 2 unspecified atom stereocenters. The van der Waals surface area contributed by atoms with Gasteiger partial charge in [-0.1, -0.05) is 6.92 Å². The fraction of sp³-hybridized carbons (Fsp3) is 0.267. The summed E-state index contributed by atoms with van der Waals surface area (Å²) in [5.41, 5.74) is 7.09. The van der Waals surface area contributed by atoms with Crippen LogP contribution in [0.2, 0.25) is 0 Å². The van der Waals surface area contributed by atoms with E-state index in [2.05, 4.69) is 4.98 Å². The second-order valence-corrected chi connectivity index (χ2v) is 5.65. The molecule has 0 radical (unpaired) electrons. The van der Waals surface area contributed by atoms with Crippen LogP contribution in [-0.2, 0) is 0 Å². The number of rotatable bonds is 5. The average molecular weight is 294 g/mol. The van der Waals surface area contributed by atoms with Crippen LogP contribution in [0, 0.1) is 11.6 Å². The van der Waals surface area contributed by atoms with Crippen LogP contribution < -0.4 is 5.73 Å². The number of nitrogens with zero attached hydrogens (tertiary/aromatic N) is 1. The number of halogens is 2. The van der Waals surface area contributed by atoms with Gasteiger partial charge < -0.3 is 5.73 Å². The van der Waals surface area contributed by atoms with Crippen LogP contribution in [0.3, 0.4) is 0 Å². The number of aromatic nitrogens is 1. The van der Waals surface area contributed by atoms with Crippen molar-refractivity contribution in [2.24, 2.45) is 5.73 Å². The maximum atomic E-state index is 13.8. The van der Waals surface area contributed by atoms with Gasteiger partial charge in [-0.25, -0.2) is 8.78 Å². The molecule has 0 fully saturated rings. The van der Waals surface area contributed by atoms with E-state index in [0.717, 1.165) is 24.1 Å². The zero-order chi connectivity index (χ0) is 14.5. The summed E-state index contributed by atoms with van der Waals surface area (Å²) < 4.78 is 27.0. The van der Waals surface area contributed by atoms with Crippen molar-refractivity contribution >= 4 is 11.8 Å². The SMILES string of the molecule is CCC(N)C(Sc1cc(F)ccc1F)c1ccncc1. The molecule has 20 heavy (non-hydrogen) atoms. The summed E-state index contributed by atoms with van der Waals surface area (Å²) in [6.07, 6.45) is 4.09. The molecule has 0 bridgehead atoms. The maximum Gasteiger partial charge on any atom is 0.136 e. The topological polar surface area (TPSA) is 38.9 Å². The Morgan fingerprint density at radius 2 is 1.90 bits per heavy atom. The lowest BCUT2D eigenvalue weighted by Crippen LogP contribution is -2.25. The van der Waals surface area contributed by atoms with Crippen LogP contribution in [0.1, 0.15) is 24.2 Å². The van der Waals surface area contributed by atoms with Gasteiger partial charge in [-0.05, 0) is 42.3 Å². The molecule has 1 aromatic heterocycles. The van der Waals surface area contributed by atoms with Gasteiger partial charge in [0.05, 0.1) is 0 Å². The first kappa shape index (κ1) is 14.9. The molecule has 0 saturated carbocycles. The third-order valence-corrected chi connectivity index (χ3v) is 4.48. The molecule has 0 aliphatic rings. The molecule has 1 aromatic carbocycles. The van der Waals surface area contributed by atoms with E-state index in [1.165, 1.54) is 17.8 Å². The molecule has 106 valence electrons. The van der Waals surface area contributed by atoms with Gasteiger partial charge in [-0.3, -0.25) is 4.98 Å². The highest BCUT2D eigenvalue weighted by atomic mass is 32.2. The Balaban J connectivity index is 2.31. The van der Waals surface area contributed by atoms with Crippen molar-refractivity contribution in [3.05, 3.63) is 59.9 Å². The zero-order valence-corrected chi connectivity index (χ0v) is 11.9. The maximum absolute atomic E-state index is 13.8.